The molecular formula is C15H20BrF3N2. The summed E-state index contributed by atoms with van der Waals surface area (Å²) in [4.78, 5) is 0. The maximum atomic E-state index is 13.0. The van der Waals surface area contributed by atoms with Gasteiger partial charge < -0.3 is 10.6 Å². The fourth-order valence-electron chi connectivity index (χ4n) is 2.74. The first-order chi connectivity index (χ1) is 9.70. The van der Waals surface area contributed by atoms with Gasteiger partial charge in [0.1, 0.15) is 0 Å². The molecule has 2 N–H and O–H groups in total. The van der Waals surface area contributed by atoms with Crippen LogP contribution < -0.4 is 10.6 Å². The summed E-state index contributed by atoms with van der Waals surface area (Å²) in [5.41, 5.74) is -0.422. The van der Waals surface area contributed by atoms with Crippen molar-refractivity contribution in [2.24, 2.45) is 5.41 Å². The molecule has 1 unspecified atom stereocenters. The molecule has 0 spiro atoms. The zero-order valence-electron chi connectivity index (χ0n) is 12.1. The molecule has 1 saturated heterocycles. The smallest absolute Gasteiger partial charge is 0.383 e. The second-order valence-electron chi connectivity index (χ2n) is 6.17. The third-order valence-electron chi connectivity index (χ3n) is 4.12. The Kier molecular flexibility index (Phi) is 4.88. The van der Waals surface area contributed by atoms with E-state index in [1.807, 2.05) is 0 Å². The van der Waals surface area contributed by atoms with Crippen LogP contribution in [0.4, 0.5) is 18.9 Å². The minimum Gasteiger partial charge on any atom is -0.383 e. The second-order valence-corrected chi connectivity index (χ2v) is 7.08. The highest BCUT2D eigenvalue weighted by Crippen LogP contribution is 2.37. The molecule has 1 aliphatic heterocycles. The number of alkyl halides is 3. The van der Waals surface area contributed by atoms with E-state index in [9.17, 15) is 13.2 Å². The van der Waals surface area contributed by atoms with Crippen LogP contribution in [-0.4, -0.2) is 19.1 Å². The van der Waals surface area contributed by atoms with E-state index < -0.39 is 11.7 Å². The minimum atomic E-state index is -4.35. The first kappa shape index (κ1) is 16.6. The molecule has 0 radical (unpaired) electrons. The summed E-state index contributed by atoms with van der Waals surface area (Å²) in [7, 11) is 0. The number of halogens is 4. The van der Waals surface area contributed by atoms with E-state index in [1.165, 1.54) is 12.1 Å². The molecule has 0 saturated carbocycles. The molecule has 1 aliphatic rings. The second kappa shape index (κ2) is 6.16. The van der Waals surface area contributed by atoms with Crippen LogP contribution in [0.3, 0.4) is 0 Å². The van der Waals surface area contributed by atoms with Crippen molar-refractivity contribution in [1.29, 1.82) is 0 Å². The summed E-state index contributed by atoms with van der Waals surface area (Å²) < 4.78 is 39.7. The highest BCUT2D eigenvalue weighted by molar-refractivity contribution is 9.10. The van der Waals surface area contributed by atoms with Gasteiger partial charge in [0, 0.05) is 22.7 Å². The van der Waals surface area contributed by atoms with Crippen LogP contribution >= 0.6 is 15.9 Å². The van der Waals surface area contributed by atoms with Crippen LogP contribution in [-0.2, 0) is 6.18 Å². The molecule has 0 aromatic heterocycles. The predicted octanol–water partition coefficient (Wildman–Crippen LogP) is 4.66. The molecule has 1 atom stereocenters. The number of piperidine rings is 1. The maximum Gasteiger partial charge on any atom is 0.418 e. The third-order valence-corrected chi connectivity index (χ3v) is 4.61. The van der Waals surface area contributed by atoms with Crippen molar-refractivity contribution in [1.82, 2.24) is 5.32 Å². The zero-order chi connectivity index (χ0) is 15.7. The van der Waals surface area contributed by atoms with Gasteiger partial charge in [0.25, 0.3) is 0 Å². The molecule has 0 amide bonds. The van der Waals surface area contributed by atoms with E-state index in [-0.39, 0.29) is 17.1 Å². The largest absolute Gasteiger partial charge is 0.418 e. The van der Waals surface area contributed by atoms with Gasteiger partial charge in [0.2, 0.25) is 0 Å². The normalized spacial score (nSPS) is 22.1. The number of nitrogens with one attached hydrogen (secondary N) is 2. The van der Waals surface area contributed by atoms with Crippen LogP contribution in [0.1, 0.15) is 32.3 Å². The summed E-state index contributed by atoms with van der Waals surface area (Å²) in [6.45, 7) is 5.70. The molecular weight excluding hydrogens is 345 g/mol. The summed E-state index contributed by atoms with van der Waals surface area (Å²) in [6, 6.07) is 4.16. The van der Waals surface area contributed by atoms with Gasteiger partial charge in [-0.1, -0.05) is 29.8 Å². The van der Waals surface area contributed by atoms with Gasteiger partial charge in [-0.25, -0.2) is 0 Å². The molecule has 118 valence electrons. The molecule has 0 bridgehead atoms. The molecule has 1 aromatic rings. The number of anilines is 1. The highest BCUT2D eigenvalue weighted by Gasteiger charge is 2.35. The van der Waals surface area contributed by atoms with Crippen molar-refractivity contribution in [3.8, 4) is 0 Å². The Hall–Kier alpha value is -0.750. The van der Waals surface area contributed by atoms with E-state index in [1.54, 1.807) is 0 Å². The average molecular weight is 365 g/mol. The van der Waals surface area contributed by atoms with Crippen molar-refractivity contribution in [3.05, 3.63) is 28.2 Å². The highest BCUT2D eigenvalue weighted by atomic mass is 79.9. The monoisotopic (exact) mass is 364 g/mol. The van der Waals surface area contributed by atoms with Crippen LogP contribution in [0.2, 0.25) is 0 Å². The molecule has 1 heterocycles. The van der Waals surface area contributed by atoms with Gasteiger partial charge in [0.05, 0.1) is 5.56 Å². The summed E-state index contributed by atoms with van der Waals surface area (Å²) >= 11 is 3.23. The Balaban J connectivity index is 2.14. The van der Waals surface area contributed by atoms with Gasteiger partial charge in [-0.05, 0) is 43.0 Å². The standard InChI is InChI=1S/C15H20BrF3N2/c1-14(2)6-3-7-20-13(14)9-21-12-8-10(16)4-5-11(12)15(17,18)19/h4-5,8,13,20-21H,3,6-7,9H2,1-2H3. The number of rotatable bonds is 3. The maximum absolute atomic E-state index is 13.0. The lowest BCUT2D eigenvalue weighted by molar-refractivity contribution is -0.137. The topological polar surface area (TPSA) is 24.1 Å². The van der Waals surface area contributed by atoms with E-state index in [0.717, 1.165) is 25.5 Å². The average Bonchev–Trinajstić information content (AvgIpc) is 2.35. The Labute approximate surface area is 131 Å². The molecule has 1 aromatic carbocycles. The first-order valence-corrected chi connectivity index (χ1v) is 7.83. The number of hydrogen-bond acceptors (Lipinski definition) is 2. The lowest BCUT2D eigenvalue weighted by Crippen LogP contribution is -2.50. The number of hydrogen-bond donors (Lipinski definition) is 2. The van der Waals surface area contributed by atoms with Gasteiger partial charge in [-0.15, -0.1) is 0 Å². The molecule has 2 rings (SSSR count). The Bertz CT molecular complexity index is 500. The summed E-state index contributed by atoms with van der Waals surface area (Å²) in [6.07, 6.45) is -2.16. The van der Waals surface area contributed by atoms with E-state index in [2.05, 4.69) is 40.4 Å². The zero-order valence-corrected chi connectivity index (χ0v) is 13.7. The van der Waals surface area contributed by atoms with Crippen molar-refractivity contribution >= 4 is 21.6 Å². The van der Waals surface area contributed by atoms with Crippen molar-refractivity contribution in [2.45, 2.75) is 38.9 Å². The SMILES string of the molecule is CC1(C)CCCNC1CNc1cc(Br)ccc1C(F)(F)F. The Morgan fingerprint density at radius 3 is 2.71 bits per heavy atom. The fraction of sp³-hybridized carbons (Fsp3) is 0.600. The Morgan fingerprint density at radius 2 is 2.10 bits per heavy atom. The van der Waals surface area contributed by atoms with Gasteiger partial charge >= 0.3 is 6.18 Å². The van der Waals surface area contributed by atoms with Crippen molar-refractivity contribution < 1.29 is 13.2 Å². The Morgan fingerprint density at radius 1 is 1.38 bits per heavy atom. The van der Waals surface area contributed by atoms with Crippen LogP contribution in [0.5, 0.6) is 0 Å². The van der Waals surface area contributed by atoms with Gasteiger partial charge in [-0.2, -0.15) is 13.2 Å². The van der Waals surface area contributed by atoms with Crippen molar-refractivity contribution in [3.63, 3.8) is 0 Å². The predicted molar refractivity (Wildman–Crippen MR) is 82.4 cm³/mol. The summed E-state index contributed by atoms with van der Waals surface area (Å²) in [5.74, 6) is 0. The molecule has 6 heteroatoms. The molecule has 0 aliphatic carbocycles. The summed E-state index contributed by atoms with van der Waals surface area (Å²) in [5, 5.41) is 6.37. The minimum absolute atomic E-state index is 0.0790. The molecule has 1 fully saturated rings. The quantitative estimate of drug-likeness (QED) is 0.814. The third kappa shape index (κ3) is 4.13. The van der Waals surface area contributed by atoms with Crippen LogP contribution in [0, 0.1) is 5.41 Å². The van der Waals surface area contributed by atoms with Crippen LogP contribution in [0.15, 0.2) is 22.7 Å². The van der Waals surface area contributed by atoms with E-state index in [0.29, 0.717) is 11.0 Å². The van der Waals surface area contributed by atoms with Crippen molar-refractivity contribution in [2.75, 3.05) is 18.4 Å². The van der Waals surface area contributed by atoms with Crippen LogP contribution in [0.25, 0.3) is 0 Å². The molecule has 2 nitrogen and oxygen atoms in total. The lowest BCUT2D eigenvalue weighted by atomic mass is 9.77. The molecule has 21 heavy (non-hydrogen) atoms. The van der Waals surface area contributed by atoms with E-state index in [4.69, 9.17) is 0 Å². The lowest BCUT2D eigenvalue weighted by Gasteiger charge is -2.39. The van der Waals surface area contributed by atoms with Gasteiger partial charge in [0.15, 0.2) is 0 Å². The fourth-order valence-corrected chi connectivity index (χ4v) is 3.10. The van der Waals surface area contributed by atoms with Gasteiger partial charge in [-0.3, -0.25) is 0 Å². The first-order valence-electron chi connectivity index (χ1n) is 7.04. The number of benzene rings is 1. The van der Waals surface area contributed by atoms with E-state index >= 15 is 0 Å².